The summed E-state index contributed by atoms with van der Waals surface area (Å²) in [6, 6.07) is 14.7. The molecule has 2 fully saturated rings. The molecule has 0 saturated carbocycles. The van der Waals surface area contributed by atoms with Crippen molar-refractivity contribution in [1.29, 1.82) is 0 Å². The molecule has 2 saturated heterocycles. The van der Waals surface area contributed by atoms with Crippen LogP contribution in [-0.2, 0) is 6.42 Å². The van der Waals surface area contributed by atoms with Crippen molar-refractivity contribution >= 4 is 17.5 Å². The molecule has 2 N–H and O–H groups in total. The molecule has 3 aliphatic heterocycles. The Bertz CT molecular complexity index is 931. The van der Waals surface area contributed by atoms with E-state index in [9.17, 15) is 4.79 Å². The number of nitrogens with one attached hydrogen (secondary N) is 2. The number of nitrogens with zero attached hydrogens (tertiary/aromatic N) is 1. The predicted octanol–water partition coefficient (Wildman–Crippen LogP) is 4.50. The Hall–Kier alpha value is -1.88. The summed E-state index contributed by atoms with van der Waals surface area (Å²) < 4.78 is 0. The van der Waals surface area contributed by atoms with Gasteiger partial charge in [-0.15, -0.1) is 0 Å². The third-order valence-electron chi connectivity index (χ3n) is 7.29. The number of carbonyl (C=O) groups is 1. The first-order chi connectivity index (χ1) is 14.6. The molecule has 158 valence electrons. The molecule has 5 heteroatoms. The molecule has 4 atom stereocenters. The topological polar surface area (TPSA) is 44.4 Å². The molecule has 0 unspecified atom stereocenters. The van der Waals surface area contributed by atoms with Crippen molar-refractivity contribution in [2.75, 3.05) is 19.6 Å². The van der Waals surface area contributed by atoms with Crippen LogP contribution in [0.5, 0.6) is 0 Å². The van der Waals surface area contributed by atoms with Gasteiger partial charge in [0.1, 0.15) is 0 Å². The molecule has 3 aliphatic rings. The fourth-order valence-electron chi connectivity index (χ4n) is 5.71. The standard InChI is InChI=1S/C25H30ClN3O/c1-16(17-6-3-2-4-7-17)28-25(30)20-9-10-21(26)19-11-13-29-15-18-8-5-12-27-22(18)14-23(29)24(19)20/h2-4,6-7,9-10,16,18,22-23,27H,5,8,11-15H2,1H3,(H,28,30)/t16-,18+,22-,23-/m1/s1. The summed E-state index contributed by atoms with van der Waals surface area (Å²) >= 11 is 6.62. The van der Waals surface area contributed by atoms with Crippen LogP contribution >= 0.6 is 11.6 Å². The van der Waals surface area contributed by atoms with Gasteiger partial charge < -0.3 is 10.6 Å². The lowest BCUT2D eigenvalue weighted by atomic mass is 9.76. The zero-order valence-electron chi connectivity index (χ0n) is 17.5. The Balaban J connectivity index is 1.45. The summed E-state index contributed by atoms with van der Waals surface area (Å²) in [6.07, 6.45) is 4.57. The summed E-state index contributed by atoms with van der Waals surface area (Å²) in [4.78, 5) is 16.0. The number of halogens is 1. The second kappa shape index (κ2) is 8.33. The van der Waals surface area contributed by atoms with Crippen LogP contribution in [0, 0.1) is 5.92 Å². The second-order valence-electron chi connectivity index (χ2n) is 9.05. The van der Waals surface area contributed by atoms with E-state index in [-0.39, 0.29) is 18.0 Å². The van der Waals surface area contributed by atoms with Crippen LogP contribution in [0.4, 0.5) is 0 Å². The number of carbonyl (C=O) groups excluding carboxylic acids is 1. The van der Waals surface area contributed by atoms with Gasteiger partial charge in [-0.1, -0.05) is 41.9 Å². The second-order valence-corrected chi connectivity index (χ2v) is 9.46. The molecule has 0 aromatic heterocycles. The van der Waals surface area contributed by atoms with Gasteiger partial charge in [0.05, 0.1) is 6.04 Å². The Kier molecular flexibility index (Phi) is 5.57. The maximum Gasteiger partial charge on any atom is 0.252 e. The number of benzene rings is 2. The van der Waals surface area contributed by atoms with E-state index in [0.717, 1.165) is 60.1 Å². The molecular weight excluding hydrogens is 394 g/mol. The highest BCUT2D eigenvalue weighted by atomic mass is 35.5. The Morgan fingerprint density at radius 2 is 2.07 bits per heavy atom. The van der Waals surface area contributed by atoms with E-state index in [2.05, 4.69) is 27.7 Å². The monoisotopic (exact) mass is 423 g/mol. The summed E-state index contributed by atoms with van der Waals surface area (Å²) in [5.41, 5.74) is 4.24. The molecule has 4 nitrogen and oxygen atoms in total. The Labute approximate surface area is 184 Å². The molecule has 3 heterocycles. The number of hydrogen-bond donors (Lipinski definition) is 2. The summed E-state index contributed by atoms with van der Waals surface area (Å²) in [7, 11) is 0. The number of piperidine rings is 2. The van der Waals surface area contributed by atoms with Gasteiger partial charge in [-0.2, -0.15) is 0 Å². The van der Waals surface area contributed by atoms with Gasteiger partial charge in [0.2, 0.25) is 0 Å². The smallest absolute Gasteiger partial charge is 0.252 e. The number of fused-ring (bicyclic) bond motifs is 4. The number of amides is 1. The average Bonchev–Trinajstić information content (AvgIpc) is 2.78. The molecular formula is C25H30ClN3O. The minimum absolute atomic E-state index is 0.000142. The first-order valence-electron chi connectivity index (χ1n) is 11.3. The average molecular weight is 424 g/mol. The lowest BCUT2D eigenvalue weighted by Gasteiger charge is -2.49. The van der Waals surface area contributed by atoms with E-state index in [4.69, 9.17) is 11.6 Å². The Morgan fingerprint density at radius 1 is 1.23 bits per heavy atom. The van der Waals surface area contributed by atoms with Crippen LogP contribution in [0.1, 0.15) is 65.3 Å². The molecule has 5 rings (SSSR count). The number of rotatable bonds is 3. The maximum absolute atomic E-state index is 13.4. The highest BCUT2D eigenvalue weighted by Gasteiger charge is 2.41. The number of hydrogen-bond acceptors (Lipinski definition) is 3. The molecule has 1 amide bonds. The normalized spacial score (nSPS) is 26.8. The SMILES string of the molecule is C[C@@H](NC(=O)c1ccc(Cl)c2c1[C@H]1C[C@H]3NCCC[C@H]3CN1CC2)c1ccccc1. The fourth-order valence-corrected chi connectivity index (χ4v) is 5.96. The van der Waals surface area contributed by atoms with Crippen LogP contribution in [0.3, 0.4) is 0 Å². The summed E-state index contributed by atoms with van der Waals surface area (Å²) in [5, 5.41) is 7.76. The van der Waals surface area contributed by atoms with Crippen molar-refractivity contribution in [3.05, 3.63) is 69.7 Å². The van der Waals surface area contributed by atoms with Crippen molar-refractivity contribution in [1.82, 2.24) is 15.5 Å². The molecule has 0 aliphatic carbocycles. The van der Waals surface area contributed by atoms with Crippen molar-refractivity contribution in [2.45, 2.75) is 50.7 Å². The van der Waals surface area contributed by atoms with E-state index in [1.165, 1.54) is 18.4 Å². The van der Waals surface area contributed by atoms with Gasteiger partial charge in [0, 0.05) is 35.8 Å². The summed E-state index contributed by atoms with van der Waals surface area (Å²) in [6.45, 7) is 5.30. The minimum Gasteiger partial charge on any atom is -0.346 e. The van der Waals surface area contributed by atoms with Gasteiger partial charge >= 0.3 is 0 Å². The third-order valence-corrected chi connectivity index (χ3v) is 7.64. The first-order valence-corrected chi connectivity index (χ1v) is 11.6. The zero-order valence-corrected chi connectivity index (χ0v) is 18.3. The van der Waals surface area contributed by atoms with E-state index in [1.807, 2.05) is 37.3 Å². The highest BCUT2D eigenvalue weighted by molar-refractivity contribution is 6.31. The van der Waals surface area contributed by atoms with Gasteiger partial charge in [0.25, 0.3) is 5.91 Å². The highest BCUT2D eigenvalue weighted by Crippen LogP contribution is 2.43. The van der Waals surface area contributed by atoms with Crippen molar-refractivity contribution in [3.8, 4) is 0 Å². The summed E-state index contributed by atoms with van der Waals surface area (Å²) in [5.74, 6) is 0.728. The van der Waals surface area contributed by atoms with E-state index >= 15 is 0 Å². The molecule has 0 spiro atoms. The Morgan fingerprint density at radius 3 is 2.90 bits per heavy atom. The van der Waals surface area contributed by atoms with Crippen LogP contribution in [0.15, 0.2) is 42.5 Å². The minimum atomic E-state index is -0.0412. The largest absolute Gasteiger partial charge is 0.346 e. The molecule has 2 aromatic carbocycles. The van der Waals surface area contributed by atoms with Gasteiger partial charge in [0.15, 0.2) is 0 Å². The maximum atomic E-state index is 13.4. The first kappa shape index (κ1) is 20.0. The van der Waals surface area contributed by atoms with E-state index in [1.54, 1.807) is 0 Å². The van der Waals surface area contributed by atoms with Crippen LogP contribution < -0.4 is 10.6 Å². The van der Waals surface area contributed by atoms with E-state index in [0.29, 0.717) is 6.04 Å². The van der Waals surface area contributed by atoms with E-state index < -0.39 is 0 Å². The van der Waals surface area contributed by atoms with Gasteiger partial charge in [-0.05, 0) is 73.9 Å². The van der Waals surface area contributed by atoms with Crippen LogP contribution in [-0.4, -0.2) is 36.5 Å². The van der Waals surface area contributed by atoms with Crippen molar-refractivity contribution in [2.24, 2.45) is 5.92 Å². The fraction of sp³-hybridized carbons (Fsp3) is 0.480. The van der Waals surface area contributed by atoms with Crippen LogP contribution in [0.25, 0.3) is 0 Å². The molecule has 2 aromatic rings. The quantitative estimate of drug-likeness (QED) is 0.763. The van der Waals surface area contributed by atoms with Gasteiger partial charge in [-0.25, -0.2) is 0 Å². The predicted molar refractivity (Wildman–Crippen MR) is 121 cm³/mol. The molecule has 0 bridgehead atoms. The molecule has 30 heavy (non-hydrogen) atoms. The zero-order chi connectivity index (χ0) is 20.7. The van der Waals surface area contributed by atoms with Crippen molar-refractivity contribution < 1.29 is 4.79 Å². The lowest BCUT2D eigenvalue weighted by molar-refractivity contribution is 0.0543. The van der Waals surface area contributed by atoms with Crippen molar-refractivity contribution in [3.63, 3.8) is 0 Å². The lowest BCUT2D eigenvalue weighted by Crippen LogP contribution is -2.55. The molecule has 0 radical (unpaired) electrons. The van der Waals surface area contributed by atoms with Crippen LogP contribution in [0.2, 0.25) is 5.02 Å². The third kappa shape index (κ3) is 3.66. The van der Waals surface area contributed by atoms with Gasteiger partial charge in [-0.3, -0.25) is 9.69 Å².